The monoisotopic (exact) mass is 309 g/mol. The predicted octanol–water partition coefficient (Wildman–Crippen LogP) is 3.34. The van der Waals surface area contributed by atoms with Crippen LogP contribution in [0.4, 0.5) is 5.69 Å². The van der Waals surface area contributed by atoms with Crippen LogP contribution in [-0.4, -0.2) is 10.9 Å². The number of hydrogen-bond donors (Lipinski definition) is 2. The zero-order chi connectivity index (χ0) is 14.7. The van der Waals surface area contributed by atoms with E-state index in [1.165, 1.54) is 0 Å². The third-order valence-electron chi connectivity index (χ3n) is 2.83. The predicted molar refractivity (Wildman–Crippen MR) is 81.0 cm³/mol. The number of pyridine rings is 1. The summed E-state index contributed by atoms with van der Waals surface area (Å²) in [7, 11) is 0. The van der Waals surface area contributed by atoms with Gasteiger partial charge < -0.3 is 11.1 Å². The molecule has 1 aromatic carbocycles. The number of nitrogens with zero attached hydrogens (tertiary/aromatic N) is 1. The highest BCUT2D eigenvalue weighted by Crippen LogP contribution is 2.27. The van der Waals surface area contributed by atoms with Crippen molar-refractivity contribution in [2.45, 2.75) is 13.0 Å². The Balaban J connectivity index is 2.20. The molecule has 0 aliphatic carbocycles. The summed E-state index contributed by atoms with van der Waals surface area (Å²) in [5.41, 5.74) is 7.79. The molecule has 20 heavy (non-hydrogen) atoms. The van der Waals surface area contributed by atoms with Gasteiger partial charge in [0.15, 0.2) is 5.15 Å². The minimum absolute atomic E-state index is 0.142. The zero-order valence-electron chi connectivity index (χ0n) is 10.7. The molecule has 2 aromatic rings. The molecule has 1 amide bonds. The third kappa shape index (κ3) is 3.28. The summed E-state index contributed by atoms with van der Waals surface area (Å²) in [4.78, 5) is 16.0. The summed E-state index contributed by atoms with van der Waals surface area (Å²) in [6, 6.07) is 9.93. The second-order valence-corrected chi connectivity index (χ2v) is 5.05. The summed E-state index contributed by atoms with van der Waals surface area (Å²) in [6.45, 7) is 1.78. The Kier molecular flexibility index (Phi) is 4.60. The molecule has 0 saturated carbocycles. The van der Waals surface area contributed by atoms with Crippen LogP contribution in [0.25, 0.3) is 0 Å². The van der Waals surface area contributed by atoms with Crippen molar-refractivity contribution in [2.24, 2.45) is 5.73 Å². The van der Waals surface area contributed by atoms with Gasteiger partial charge in [-0.15, -0.1) is 0 Å². The van der Waals surface area contributed by atoms with E-state index in [0.717, 1.165) is 11.1 Å². The van der Waals surface area contributed by atoms with E-state index in [9.17, 15) is 4.79 Å². The second kappa shape index (κ2) is 6.22. The van der Waals surface area contributed by atoms with Crippen LogP contribution in [0.3, 0.4) is 0 Å². The third-order valence-corrected chi connectivity index (χ3v) is 3.30. The van der Waals surface area contributed by atoms with Crippen molar-refractivity contribution in [3.63, 3.8) is 0 Å². The average molecular weight is 310 g/mol. The van der Waals surface area contributed by atoms with Crippen LogP contribution in [0.15, 0.2) is 36.4 Å². The number of carbonyl (C=O) groups is 1. The van der Waals surface area contributed by atoms with Crippen molar-refractivity contribution in [1.29, 1.82) is 0 Å². The van der Waals surface area contributed by atoms with Crippen LogP contribution in [0.5, 0.6) is 0 Å². The largest absolute Gasteiger partial charge is 0.322 e. The average Bonchev–Trinajstić information content (AvgIpc) is 2.42. The molecule has 0 fully saturated rings. The van der Waals surface area contributed by atoms with Gasteiger partial charge >= 0.3 is 0 Å². The normalized spacial score (nSPS) is 12.0. The van der Waals surface area contributed by atoms with Crippen molar-refractivity contribution >= 4 is 34.8 Å². The van der Waals surface area contributed by atoms with Gasteiger partial charge in [0.2, 0.25) is 5.91 Å². The van der Waals surface area contributed by atoms with E-state index in [1.807, 2.05) is 18.2 Å². The summed E-state index contributed by atoms with van der Waals surface area (Å²) in [6.07, 6.45) is 0. The molecule has 1 atom stereocenters. The lowest BCUT2D eigenvalue weighted by Crippen LogP contribution is -2.28. The van der Waals surface area contributed by atoms with Crippen LogP contribution in [0.2, 0.25) is 10.3 Å². The number of carbonyl (C=O) groups excluding carboxylic acids is 1. The van der Waals surface area contributed by atoms with Crippen molar-refractivity contribution in [3.05, 3.63) is 57.8 Å². The van der Waals surface area contributed by atoms with Gasteiger partial charge in [-0.25, -0.2) is 4.98 Å². The number of rotatable bonds is 3. The van der Waals surface area contributed by atoms with Crippen LogP contribution >= 0.6 is 23.2 Å². The van der Waals surface area contributed by atoms with Crippen LogP contribution in [0, 0.1) is 6.92 Å². The Hall–Kier alpha value is -1.62. The fourth-order valence-electron chi connectivity index (χ4n) is 1.76. The molecule has 0 aliphatic heterocycles. The number of nitrogens with one attached hydrogen (secondary N) is 1. The maximum atomic E-state index is 12.1. The minimum Gasteiger partial charge on any atom is -0.322 e. The SMILES string of the molecule is Cc1cc(Cl)nc(Cl)c1NC(=O)[C@@H](N)c1ccccc1. The maximum Gasteiger partial charge on any atom is 0.245 e. The first-order chi connectivity index (χ1) is 9.49. The maximum absolute atomic E-state index is 12.1. The molecule has 6 heteroatoms. The quantitative estimate of drug-likeness (QED) is 0.854. The summed E-state index contributed by atoms with van der Waals surface area (Å²) >= 11 is 11.8. The lowest BCUT2D eigenvalue weighted by Gasteiger charge is -2.15. The molecular weight excluding hydrogens is 297 g/mol. The van der Waals surface area contributed by atoms with E-state index >= 15 is 0 Å². The van der Waals surface area contributed by atoms with Crippen LogP contribution in [-0.2, 0) is 4.79 Å². The van der Waals surface area contributed by atoms with Crippen LogP contribution in [0.1, 0.15) is 17.2 Å². The van der Waals surface area contributed by atoms with Gasteiger partial charge in [-0.3, -0.25) is 4.79 Å². The topological polar surface area (TPSA) is 68.0 Å². The number of halogens is 2. The lowest BCUT2D eigenvalue weighted by atomic mass is 10.1. The van der Waals surface area contributed by atoms with Gasteiger partial charge in [0.1, 0.15) is 11.2 Å². The summed E-state index contributed by atoms with van der Waals surface area (Å²) < 4.78 is 0. The summed E-state index contributed by atoms with van der Waals surface area (Å²) in [5, 5.41) is 3.10. The first-order valence-corrected chi connectivity index (χ1v) is 6.68. The Bertz CT molecular complexity index is 609. The minimum atomic E-state index is -0.776. The Morgan fingerprint density at radius 1 is 1.30 bits per heavy atom. The van der Waals surface area contributed by atoms with Gasteiger partial charge in [0.05, 0.1) is 5.69 Å². The number of aryl methyl sites for hydroxylation is 1. The molecule has 2 rings (SSSR count). The van der Waals surface area contributed by atoms with E-state index in [1.54, 1.807) is 25.1 Å². The molecule has 3 N–H and O–H groups in total. The van der Waals surface area contributed by atoms with Gasteiger partial charge in [-0.1, -0.05) is 53.5 Å². The van der Waals surface area contributed by atoms with Gasteiger partial charge in [0, 0.05) is 0 Å². The molecule has 0 bridgehead atoms. The molecule has 1 aromatic heterocycles. The van der Waals surface area contributed by atoms with Crippen molar-refractivity contribution < 1.29 is 4.79 Å². The Labute approximate surface area is 126 Å². The van der Waals surface area contributed by atoms with Gasteiger partial charge in [-0.2, -0.15) is 0 Å². The molecular formula is C14H13Cl2N3O. The Morgan fingerprint density at radius 2 is 1.95 bits per heavy atom. The number of aromatic nitrogens is 1. The molecule has 0 radical (unpaired) electrons. The first-order valence-electron chi connectivity index (χ1n) is 5.93. The molecule has 0 aliphatic rings. The van der Waals surface area contributed by atoms with E-state index in [2.05, 4.69) is 10.3 Å². The van der Waals surface area contributed by atoms with E-state index in [0.29, 0.717) is 5.69 Å². The molecule has 0 saturated heterocycles. The highest BCUT2D eigenvalue weighted by Gasteiger charge is 2.18. The van der Waals surface area contributed by atoms with Crippen molar-refractivity contribution in [1.82, 2.24) is 4.98 Å². The molecule has 0 unspecified atom stereocenters. The first kappa shape index (κ1) is 14.8. The highest BCUT2D eigenvalue weighted by molar-refractivity contribution is 6.34. The smallest absolute Gasteiger partial charge is 0.245 e. The van der Waals surface area contributed by atoms with Crippen molar-refractivity contribution in [3.8, 4) is 0 Å². The van der Waals surface area contributed by atoms with Crippen LogP contribution < -0.4 is 11.1 Å². The van der Waals surface area contributed by atoms with Crippen molar-refractivity contribution in [2.75, 3.05) is 5.32 Å². The number of hydrogen-bond acceptors (Lipinski definition) is 3. The summed E-state index contributed by atoms with van der Waals surface area (Å²) in [5.74, 6) is -0.356. The standard InChI is InChI=1S/C14H13Cl2N3O/c1-8-7-10(15)18-13(16)12(8)19-14(20)11(17)9-5-3-2-4-6-9/h2-7,11H,17H2,1H3,(H,19,20)/t11-/m0/s1. The van der Waals surface area contributed by atoms with Gasteiger partial charge in [0.25, 0.3) is 0 Å². The molecule has 104 valence electrons. The Morgan fingerprint density at radius 3 is 2.55 bits per heavy atom. The highest BCUT2D eigenvalue weighted by atomic mass is 35.5. The lowest BCUT2D eigenvalue weighted by molar-refractivity contribution is -0.117. The molecule has 0 spiro atoms. The zero-order valence-corrected chi connectivity index (χ0v) is 12.2. The van der Waals surface area contributed by atoms with E-state index < -0.39 is 6.04 Å². The number of anilines is 1. The fraction of sp³-hybridized carbons (Fsp3) is 0.143. The number of nitrogens with two attached hydrogens (primary N) is 1. The number of amides is 1. The van der Waals surface area contributed by atoms with Gasteiger partial charge in [-0.05, 0) is 24.1 Å². The van der Waals surface area contributed by atoms with E-state index in [4.69, 9.17) is 28.9 Å². The molecule has 1 heterocycles. The number of benzene rings is 1. The van der Waals surface area contributed by atoms with E-state index in [-0.39, 0.29) is 16.2 Å². The fourth-order valence-corrected chi connectivity index (χ4v) is 2.34. The molecule has 4 nitrogen and oxygen atoms in total. The second-order valence-electron chi connectivity index (χ2n) is 4.31.